The van der Waals surface area contributed by atoms with Gasteiger partial charge in [0.05, 0.1) is 23.5 Å². The molecule has 4 heteroatoms. The third-order valence-corrected chi connectivity index (χ3v) is 4.67. The fraction of sp³-hybridized carbons (Fsp3) is 0.444. The van der Waals surface area contributed by atoms with Gasteiger partial charge in [-0.1, -0.05) is 31.2 Å². The molecule has 2 aliphatic carbocycles. The molecule has 22 heavy (non-hydrogen) atoms. The minimum atomic E-state index is -0.406. The van der Waals surface area contributed by atoms with Crippen LogP contribution in [0, 0.1) is 0 Å². The van der Waals surface area contributed by atoms with Gasteiger partial charge in [-0.3, -0.25) is 4.98 Å². The molecule has 1 unspecified atom stereocenters. The van der Waals surface area contributed by atoms with Crippen molar-refractivity contribution in [2.75, 3.05) is 5.32 Å². The highest BCUT2D eigenvalue weighted by atomic mass is 16.3. The minimum absolute atomic E-state index is 0.0879. The van der Waals surface area contributed by atoms with Crippen molar-refractivity contribution in [1.29, 1.82) is 0 Å². The maximum atomic E-state index is 10.4. The van der Waals surface area contributed by atoms with E-state index in [9.17, 15) is 5.11 Å². The Hall–Kier alpha value is -1.94. The summed E-state index contributed by atoms with van der Waals surface area (Å²) in [6.07, 6.45) is 5.44. The highest BCUT2D eigenvalue weighted by Gasteiger charge is 2.34. The molecule has 0 bridgehead atoms. The van der Waals surface area contributed by atoms with Crippen LogP contribution >= 0.6 is 0 Å². The molecule has 0 saturated heterocycles. The summed E-state index contributed by atoms with van der Waals surface area (Å²) in [4.78, 5) is 9.37. The van der Waals surface area contributed by atoms with Crippen molar-refractivity contribution in [3.05, 3.63) is 53.0 Å². The molecule has 0 aliphatic heterocycles. The summed E-state index contributed by atoms with van der Waals surface area (Å²) >= 11 is 0. The summed E-state index contributed by atoms with van der Waals surface area (Å²) < 4.78 is 0. The van der Waals surface area contributed by atoms with Crippen LogP contribution in [0.2, 0.25) is 0 Å². The molecule has 1 aromatic heterocycles. The van der Waals surface area contributed by atoms with E-state index in [0.717, 1.165) is 23.6 Å². The quantitative estimate of drug-likeness (QED) is 0.910. The first-order valence-electron chi connectivity index (χ1n) is 8.14. The molecule has 114 valence electrons. The number of aromatic nitrogens is 2. The van der Waals surface area contributed by atoms with Crippen LogP contribution in [0.1, 0.15) is 54.2 Å². The molecule has 2 atom stereocenters. The Morgan fingerprint density at radius 2 is 2.09 bits per heavy atom. The lowest BCUT2D eigenvalue weighted by atomic mass is 10.1. The Labute approximate surface area is 130 Å². The van der Waals surface area contributed by atoms with Gasteiger partial charge in [0, 0.05) is 18.5 Å². The van der Waals surface area contributed by atoms with E-state index in [4.69, 9.17) is 4.98 Å². The fourth-order valence-corrected chi connectivity index (χ4v) is 3.26. The molecule has 1 aromatic carbocycles. The lowest BCUT2D eigenvalue weighted by molar-refractivity contribution is 0.165. The summed E-state index contributed by atoms with van der Waals surface area (Å²) in [6.45, 7) is 2.09. The fourth-order valence-electron chi connectivity index (χ4n) is 3.26. The van der Waals surface area contributed by atoms with E-state index in [1.165, 1.54) is 24.0 Å². The molecule has 1 saturated carbocycles. The zero-order chi connectivity index (χ0) is 15.1. The third kappa shape index (κ3) is 2.37. The van der Waals surface area contributed by atoms with E-state index in [1.54, 1.807) is 0 Å². The van der Waals surface area contributed by atoms with Crippen molar-refractivity contribution >= 4 is 5.82 Å². The van der Waals surface area contributed by atoms with E-state index in [-0.39, 0.29) is 6.04 Å². The van der Waals surface area contributed by atoms with Crippen LogP contribution in [0.5, 0.6) is 0 Å². The summed E-state index contributed by atoms with van der Waals surface area (Å²) in [6, 6.07) is 8.16. The zero-order valence-electron chi connectivity index (χ0n) is 12.8. The van der Waals surface area contributed by atoms with Crippen LogP contribution < -0.4 is 5.32 Å². The molecule has 2 N–H and O–H groups in total. The molecule has 1 heterocycles. The average molecular weight is 295 g/mol. The van der Waals surface area contributed by atoms with E-state index in [1.807, 2.05) is 18.3 Å². The lowest BCUT2D eigenvalue weighted by Crippen LogP contribution is -2.23. The first-order chi connectivity index (χ1) is 10.8. The number of aliphatic hydroxyl groups excluding tert-OH is 1. The van der Waals surface area contributed by atoms with Crippen molar-refractivity contribution < 1.29 is 5.11 Å². The molecular formula is C18H21N3O. The molecule has 1 fully saturated rings. The Balaban J connectivity index is 1.68. The average Bonchev–Trinajstić information content (AvgIpc) is 3.33. The van der Waals surface area contributed by atoms with Crippen LogP contribution in [-0.2, 0) is 12.8 Å². The highest BCUT2D eigenvalue weighted by Crippen LogP contribution is 2.43. The molecule has 0 radical (unpaired) electrons. The monoisotopic (exact) mass is 295 g/mol. The number of aliphatic hydroxyl groups is 1. The third-order valence-electron chi connectivity index (χ3n) is 4.67. The molecule has 0 amide bonds. The number of nitrogens with one attached hydrogen (secondary N) is 1. The molecule has 0 spiro atoms. The Kier molecular flexibility index (Phi) is 3.34. The Morgan fingerprint density at radius 3 is 2.86 bits per heavy atom. The van der Waals surface area contributed by atoms with Gasteiger partial charge >= 0.3 is 0 Å². The first kappa shape index (κ1) is 13.7. The maximum absolute atomic E-state index is 10.4. The first-order valence-corrected chi connectivity index (χ1v) is 8.14. The molecule has 4 nitrogen and oxygen atoms in total. The smallest absolute Gasteiger partial charge is 0.148 e. The van der Waals surface area contributed by atoms with Crippen molar-refractivity contribution in [3.63, 3.8) is 0 Å². The van der Waals surface area contributed by atoms with Crippen molar-refractivity contribution in [2.24, 2.45) is 0 Å². The summed E-state index contributed by atoms with van der Waals surface area (Å²) in [7, 11) is 0. The van der Waals surface area contributed by atoms with Crippen LogP contribution in [0.3, 0.4) is 0 Å². The predicted molar refractivity (Wildman–Crippen MR) is 85.9 cm³/mol. The van der Waals surface area contributed by atoms with Gasteiger partial charge < -0.3 is 10.4 Å². The molecule has 2 aliphatic rings. The number of hydrogen-bond acceptors (Lipinski definition) is 4. The van der Waals surface area contributed by atoms with E-state index >= 15 is 0 Å². The number of anilines is 1. The van der Waals surface area contributed by atoms with Gasteiger partial charge in [-0.05, 0) is 30.4 Å². The summed E-state index contributed by atoms with van der Waals surface area (Å²) in [5.41, 5.74) is 4.46. The van der Waals surface area contributed by atoms with Gasteiger partial charge in [-0.15, -0.1) is 0 Å². The van der Waals surface area contributed by atoms with Gasteiger partial charge in [0.15, 0.2) is 0 Å². The largest absolute Gasteiger partial charge is 0.390 e. The standard InChI is InChI=1S/C18H21N3O/c1-2-13-10-19-16(11-7-8-11)18(20-13)21-17-14-6-4-3-5-12(14)9-15(17)22/h3-6,10-11,15,17,22H,2,7-9H2,1H3,(H,20,21)/t15-,17?/m0/s1. The van der Waals surface area contributed by atoms with Crippen molar-refractivity contribution in [1.82, 2.24) is 9.97 Å². The summed E-state index contributed by atoms with van der Waals surface area (Å²) in [5.74, 6) is 1.40. The number of fused-ring (bicyclic) bond motifs is 1. The van der Waals surface area contributed by atoms with Crippen LogP contribution in [0.4, 0.5) is 5.82 Å². The predicted octanol–water partition coefficient (Wildman–Crippen LogP) is 2.99. The molecule has 2 aromatic rings. The van der Waals surface area contributed by atoms with Gasteiger partial charge in [0.25, 0.3) is 0 Å². The number of nitrogens with zero attached hydrogens (tertiary/aromatic N) is 2. The van der Waals surface area contributed by atoms with Crippen LogP contribution in [-0.4, -0.2) is 21.2 Å². The highest BCUT2D eigenvalue weighted by molar-refractivity contribution is 5.50. The van der Waals surface area contributed by atoms with Crippen LogP contribution in [0.25, 0.3) is 0 Å². The second kappa shape index (κ2) is 5.36. The number of hydrogen-bond donors (Lipinski definition) is 2. The second-order valence-electron chi connectivity index (χ2n) is 6.32. The van der Waals surface area contributed by atoms with E-state index < -0.39 is 6.10 Å². The number of aryl methyl sites for hydroxylation is 1. The van der Waals surface area contributed by atoms with Gasteiger partial charge in [-0.2, -0.15) is 0 Å². The second-order valence-corrected chi connectivity index (χ2v) is 6.32. The lowest BCUT2D eigenvalue weighted by Gasteiger charge is -2.20. The SMILES string of the molecule is CCc1cnc(C2CC2)c(NC2c3ccccc3C[C@@H]2O)n1. The Morgan fingerprint density at radius 1 is 1.27 bits per heavy atom. The summed E-state index contributed by atoms with van der Waals surface area (Å²) in [5, 5.41) is 13.9. The van der Waals surface area contributed by atoms with Crippen molar-refractivity contribution in [2.45, 2.75) is 50.7 Å². The Bertz CT molecular complexity index is 696. The minimum Gasteiger partial charge on any atom is -0.390 e. The zero-order valence-corrected chi connectivity index (χ0v) is 12.8. The van der Waals surface area contributed by atoms with E-state index in [0.29, 0.717) is 12.3 Å². The van der Waals surface area contributed by atoms with Gasteiger partial charge in [0.1, 0.15) is 5.82 Å². The van der Waals surface area contributed by atoms with Crippen LogP contribution in [0.15, 0.2) is 30.5 Å². The normalized spacial score (nSPS) is 23.4. The van der Waals surface area contributed by atoms with E-state index in [2.05, 4.69) is 29.4 Å². The topological polar surface area (TPSA) is 58.0 Å². The maximum Gasteiger partial charge on any atom is 0.148 e. The molecule has 4 rings (SSSR count). The van der Waals surface area contributed by atoms with Gasteiger partial charge in [-0.25, -0.2) is 4.98 Å². The number of rotatable bonds is 4. The van der Waals surface area contributed by atoms with Gasteiger partial charge in [0.2, 0.25) is 0 Å². The number of benzene rings is 1. The molecular weight excluding hydrogens is 274 g/mol. The van der Waals surface area contributed by atoms with Crippen molar-refractivity contribution in [3.8, 4) is 0 Å².